The molecule has 0 amide bonds. The highest BCUT2D eigenvalue weighted by atomic mass is 32.2. The molecule has 0 fully saturated rings. The lowest BCUT2D eigenvalue weighted by Gasteiger charge is -2.14. The molecule has 1 unspecified atom stereocenters. The molecule has 5 nitrogen and oxygen atoms in total. The van der Waals surface area contributed by atoms with Crippen LogP contribution < -0.4 is 5.73 Å². The van der Waals surface area contributed by atoms with Crippen LogP contribution >= 0.6 is 11.8 Å². The fourth-order valence-electron chi connectivity index (χ4n) is 2.49. The number of hydrogen-bond acceptors (Lipinski definition) is 5. The zero-order valence-corrected chi connectivity index (χ0v) is 12.2. The van der Waals surface area contributed by atoms with Gasteiger partial charge in [-0.3, -0.25) is 4.98 Å². The smallest absolute Gasteiger partial charge is 0.191 e. The lowest BCUT2D eigenvalue weighted by molar-refractivity contribution is 0.590. The molecule has 3 rings (SSSR count). The normalized spacial score (nSPS) is 16.4. The summed E-state index contributed by atoms with van der Waals surface area (Å²) < 4.78 is 2.26. The van der Waals surface area contributed by atoms with Crippen LogP contribution in [0.4, 0.5) is 0 Å². The van der Waals surface area contributed by atoms with Crippen molar-refractivity contribution in [3.8, 4) is 0 Å². The van der Waals surface area contributed by atoms with E-state index in [2.05, 4.69) is 25.8 Å². The number of aryl methyl sites for hydroxylation is 1. The summed E-state index contributed by atoms with van der Waals surface area (Å²) in [6.45, 7) is 1.59. The predicted molar refractivity (Wildman–Crippen MR) is 79.5 cm³/mol. The third-order valence-corrected chi connectivity index (χ3v) is 4.86. The maximum Gasteiger partial charge on any atom is 0.191 e. The summed E-state index contributed by atoms with van der Waals surface area (Å²) in [5.41, 5.74) is 7.07. The molecular weight excluding hydrogens is 270 g/mol. The molecule has 1 aliphatic heterocycles. The van der Waals surface area contributed by atoms with E-state index in [-0.39, 0.29) is 5.25 Å². The van der Waals surface area contributed by atoms with Gasteiger partial charge in [-0.05, 0) is 24.5 Å². The average molecular weight is 289 g/mol. The summed E-state index contributed by atoms with van der Waals surface area (Å²) in [6, 6.07) is 4.01. The van der Waals surface area contributed by atoms with E-state index in [1.807, 2.05) is 12.3 Å². The van der Waals surface area contributed by atoms with Crippen LogP contribution in [0.5, 0.6) is 0 Å². The molecule has 0 aliphatic carbocycles. The molecule has 2 N–H and O–H groups in total. The molecule has 1 atom stereocenters. The van der Waals surface area contributed by atoms with Crippen molar-refractivity contribution in [1.29, 1.82) is 0 Å². The standard InChI is InChI=1S/C14H19N5S/c15-9-12(11-5-4-7-16-10-11)20-14-18-17-13-6-2-1-3-8-19(13)14/h4-5,7,10,12H,1-3,6,8-9,15H2. The molecule has 0 bridgehead atoms. The fraction of sp³-hybridized carbons (Fsp3) is 0.500. The topological polar surface area (TPSA) is 69.6 Å². The van der Waals surface area contributed by atoms with E-state index >= 15 is 0 Å². The number of aromatic nitrogens is 4. The van der Waals surface area contributed by atoms with Gasteiger partial charge in [0.1, 0.15) is 5.82 Å². The number of pyridine rings is 1. The number of nitrogens with two attached hydrogens (primary N) is 1. The Balaban J connectivity index is 1.81. The maximum atomic E-state index is 5.92. The van der Waals surface area contributed by atoms with Crippen LogP contribution in [0.25, 0.3) is 0 Å². The Labute approximate surface area is 123 Å². The third kappa shape index (κ3) is 2.86. The van der Waals surface area contributed by atoms with Crippen LogP contribution in [-0.2, 0) is 13.0 Å². The van der Waals surface area contributed by atoms with Crippen LogP contribution in [-0.4, -0.2) is 26.3 Å². The van der Waals surface area contributed by atoms with Gasteiger partial charge >= 0.3 is 0 Å². The zero-order valence-electron chi connectivity index (χ0n) is 11.4. The van der Waals surface area contributed by atoms with Crippen molar-refractivity contribution in [3.63, 3.8) is 0 Å². The zero-order chi connectivity index (χ0) is 13.8. The summed E-state index contributed by atoms with van der Waals surface area (Å²) >= 11 is 1.70. The van der Waals surface area contributed by atoms with Gasteiger partial charge in [0.15, 0.2) is 5.16 Å². The van der Waals surface area contributed by atoms with Crippen molar-refractivity contribution < 1.29 is 0 Å². The number of hydrogen-bond donors (Lipinski definition) is 1. The van der Waals surface area contributed by atoms with Crippen molar-refractivity contribution in [2.24, 2.45) is 5.73 Å². The van der Waals surface area contributed by atoms with E-state index in [1.165, 1.54) is 19.3 Å². The first kappa shape index (κ1) is 13.6. The van der Waals surface area contributed by atoms with E-state index in [4.69, 9.17) is 5.73 Å². The molecule has 1 aliphatic rings. The van der Waals surface area contributed by atoms with Crippen molar-refractivity contribution >= 4 is 11.8 Å². The van der Waals surface area contributed by atoms with Gasteiger partial charge in [0, 0.05) is 31.9 Å². The molecule has 3 heterocycles. The van der Waals surface area contributed by atoms with Crippen LogP contribution in [0.1, 0.15) is 35.9 Å². The van der Waals surface area contributed by atoms with E-state index in [9.17, 15) is 0 Å². The van der Waals surface area contributed by atoms with Crippen molar-refractivity contribution in [3.05, 3.63) is 35.9 Å². The van der Waals surface area contributed by atoms with Crippen molar-refractivity contribution in [2.45, 2.75) is 42.6 Å². The highest BCUT2D eigenvalue weighted by Gasteiger charge is 2.19. The lowest BCUT2D eigenvalue weighted by atomic mass is 10.2. The first-order valence-corrected chi connectivity index (χ1v) is 7.95. The second-order valence-electron chi connectivity index (χ2n) is 4.99. The first-order chi connectivity index (χ1) is 9.88. The minimum atomic E-state index is 0.181. The first-order valence-electron chi connectivity index (χ1n) is 7.07. The number of nitrogens with zero attached hydrogens (tertiary/aromatic N) is 4. The Bertz CT molecular complexity index is 554. The number of fused-ring (bicyclic) bond motifs is 1. The molecule has 0 aromatic carbocycles. The molecule has 2 aromatic heterocycles. The molecular formula is C14H19N5S. The summed E-state index contributed by atoms with van der Waals surface area (Å²) in [5.74, 6) is 1.12. The summed E-state index contributed by atoms with van der Waals surface area (Å²) in [4.78, 5) is 4.17. The third-order valence-electron chi connectivity index (χ3n) is 3.59. The van der Waals surface area contributed by atoms with Crippen LogP contribution in [0.3, 0.4) is 0 Å². The number of rotatable bonds is 4. The SMILES string of the molecule is NCC(Sc1nnc2n1CCCCC2)c1cccnc1. The van der Waals surface area contributed by atoms with Crippen molar-refractivity contribution in [1.82, 2.24) is 19.7 Å². The monoisotopic (exact) mass is 289 g/mol. The highest BCUT2D eigenvalue weighted by molar-refractivity contribution is 7.99. The van der Waals surface area contributed by atoms with Crippen LogP contribution in [0.2, 0.25) is 0 Å². The second-order valence-corrected chi connectivity index (χ2v) is 6.16. The summed E-state index contributed by atoms with van der Waals surface area (Å²) in [7, 11) is 0. The van der Waals surface area contributed by atoms with Gasteiger partial charge in [-0.15, -0.1) is 10.2 Å². The largest absolute Gasteiger partial charge is 0.329 e. The second kappa shape index (κ2) is 6.37. The van der Waals surface area contributed by atoms with Gasteiger partial charge in [0.25, 0.3) is 0 Å². The minimum absolute atomic E-state index is 0.181. The Morgan fingerprint density at radius 2 is 2.25 bits per heavy atom. The van der Waals surface area contributed by atoms with Gasteiger partial charge in [-0.25, -0.2) is 0 Å². The van der Waals surface area contributed by atoms with Gasteiger partial charge in [0.05, 0.1) is 5.25 Å². The Kier molecular flexibility index (Phi) is 4.32. The molecule has 0 saturated carbocycles. The van der Waals surface area contributed by atoms with Crippen molar-refractivity contribution in [2.75, 3.05) is 6.54 Å². The fourth-order valence-corrected chi connectivity index (χ4v) is 3.53. The molecule has 0 saturated heterocycles. The van der Waals surface area contributed by atoms with E-state index < -0.39 is 0 Å². The quantitative estimate of drug-likeness (QED) is 0.874. The molecule has 0 radical (unpaired) electrons. The Morgan fingerprint density at radius 1 is 1.30 bits per heavy atom. The van der Waals surface area contributed by atoms with Crippen LogP contribution in [0, 0.1) is 0 Å². The number of thioether (sulfide) groups is 1. The van der Waals surface area contributed by atoms with Gasteiger partial charge < -0.3 is 10.3 Å². The van der Waals surface area contributed by atoms with Gasteiger partial charge in [0.2, 0.25) is 0 Å². The van der Waals surface area contributed by atoms with Gasteiger partial charge in [-0.2, -0.15) is 0 Å². The summed E-state index contributed by atoms with van der Waals surface area (Å²) in [6.07, 6.45) is 8.39. The lowest BCUT2D eigenvalue weighted by Crippen LogP contribution is -2.11. The van der Waals surface area contributed by atoms with E-state index in [1.54, 1.807) is 18.0 Å². The molecule has 106 valence electrons. The van der Waals surface area contributed by atoms with E-state index in [0.29, 0.717) is 6.54 Å². The van der Waals surface area contributed by atoms with Gasteiger partial charge in [-0.1, -0.05) is 24.2 Å². The molecule has 20 heavy (non-hydrogen) atoms. The average Bonchev–Trinajstić information content (AvgIpc) is 2.72. The van der Waals surface area contributed by atoms with E-state index in [0.717, 1.165) is 29.5 Å². The molecule has 6 heteroatoms. The summed E-state index contributed by atoms with van der Waals surface area (Å²) in [5, 5.41) is 9.85. The highest BCUT2D eigenvalue weighted by Crippen LogP contribution is 2.34. The minimum Gasteiger partial charge on any atom is -0.329 e. The molecule has 0 spiro atoms. The van der Waals surface area contributed by atoms with Crippen LogP contribution in [0.15, 0.2) is 29.7 Å². The Morgan fingerprint density at radius 3 is 3.05 bits per heavy atom. The predicted octanol–water partition coefficient (Wildman–Crippen LogP) is 2.19. The molecule has 2 aromatic rings. The Hall–Kier alpha value is -1.40. The maximum absolute atomic E-state index is 5.92.